The number of ether oxygens (including phenoxy) is 1. The molecule has 0 radical (unpaired) electrons. The number of nitrogens with one attached hydrogen (secondary N) is 1. The highest BCUT2D eigenvalue weighted by Gasteiger charge is 2.28. The van der Waals surface area contributed by atoms with Gasteiger partial charge in [-0.1, -0.05) is 0 Å². The van der Waals surface area contributed by atoms with E-state index in [0.717, 1.165) is 32.5 Å². The lowest BCUT2D eigenvalue weighted by atomic mass is 10.1. The maximum Gasteiger partial charge on any atom is 0.0566 e. The van der Waals surface area contributed by atoms with E-state index in [1.165, 1.54) is 17.7 Å². The minimum Gasteiger partial charge on any atom is -0.381 e. The summed E-state index contributed by atoms with van der Waals surface area (Å²) in [5.41, 5.74) is 2.86. The van der Waals surface area contributed by atoms with Gasteiger partial charge in [0, 0.05) is 30.5 Å². The Balaban J connectivity index is 1.86. The topological polar surface area (TPSA) is 39.1 Å². The lowest BCUT2D eigenvalue weighted by Gasteiger charge is -2.23. The van der Waals surface area contributed by atoms with Crippen molar-refractivity contribution < 1.29 is 4.74 Å². The maximum atomic E-state index is 5.41. The zero-order valence-corrected chi connectivity index (χ0v) is 9.78. The van der Waals surface area contributed by atoms with Gasteiger partial charge in [-0.3, -0.25) is 4.68 Å². The first kappa shape index (κ1) is 10.3. The zero-order valence-electron chi connectivity index (χ0n) is 9.78. The van der Waals surface area contributed by atoms with Gasteiger partial charge < -0.3 is 10.1 Å². The molecular weight excluding hydrogens is 202 g/mol. The largest absolute Gasteiger partial charge is 0.381 e. The fraction of sp³-hybridized carbons (Fsp3) is 0.750. The van der Waals surface area contributed by atoms with Crippen LogP contribution in [0.5, 0.6) is 0 Å². The van der Waals surface area contributed by atoms with Crippen LogP contribution >= 0.6 is 0 Å². The van der Waals surface area contributed by atoms with Gasteiger partial charge in [0.2, 0.25) is 0 Å². The molecule has 1 aliphatic carbocycles. The molecule has 0 bridgehead atoms. The molecule has 4 nitrogen and oxygen atoms in total. The van der Waals surface area contributed by atoms with Crippen molar-refractivity contribution in [2.75, 3.05) is 20.3 Å². The Labute approximate surface area is 96.0 Å². The second-order valence-corrected chi connectivity index (χ2v) is 4.71. The van der Waals surface area contributed by atoms with Crippen LogP contribution in [0.25, 0.3) is 0 Å². The molecule has 0 amide bonds. The minimum atomic E-state index is 0.517. The first-order valence-corrected chi connectivity index (χ1v) is 6.21. The third kappa shape index (κ3) is 1.57. The molecule has 2 aliphatic rings. The lowest BCUT2D eigenvalue weighted by Crippen LogP contribution is -2.21. The molecule has 1 aromatic heterocycles. The summed E-state index contributed by atoms with van der Waals surface area (Å²) in [5, 5.41) is 7.94. The molecular formula is C12H19N3O. The van der Waals surface area contributed by atoms with E-state index in [9.17, 15) is 0 Å². The second kappa shape index (κ2) is 4.18. The van der Waals surface area contributed by atoms with E-state index in [4.69, 9.17) is 4.74 Å². The predicted molar refractivity (Wildman–Crippen MR) is 61.4 cm³/mol. The Morgan fingerprint density at radius 3 is 2.94 bits per heavy atom. The molecule has 1 saturated heterocycles. The van der Waals surface area contributed by atoms with Crippen LogP contribution in [0.2, 0.25) is 0 Å². The third-order valence-electron chi connectivity index (χ3n) is 3.86. The number of rotatable bonds is 2. The van der Waals surface area contributed by atoms with Gasteiger partial charge in [-0.25, -0.2) is 0 Å². The molecule has 4 heteroatoms. The summed E-state index contributed by atoms with van der Waals surface area (Å²) >= 11 is 0. The second-order valence-electron chi connectivity index (χ2n) is 4.71. The fourth-order valence-corrected chi connectivity index (χ4v) is 2.93. The van der Waals surface area contributed by atoms with Crippen LogP contribution in [0.4, 0.5) is 0 Å². The van der Waals surface area contributed by atoms with E-state index in [-0.39, 0.29) is 0 Å². The molecule has 0 unspecified atom stereocenters. The van der Waals surface area contributed by atoms with Gasteiger partial charge in [-0.2, -0.15) is 5.10 Å². The molecule has 2 heterocycles. The lowest BCUT2D eigenvalue weighted by molar-refractivity contribution is 0.0655. The number of nitrogens with zero attached hydrogens (tertiary/aromatic N) is 2. The summed E-state index contributed by atoms with van der Waals surface area (Å²) < 4.78 is 7.67. The fourth-order valence-electron chi connectivity index (χ4n) is 2.93. The highest BCUT2D eigenvalue weighted by molar-refractivity contribution is 5.27. The normalized spacial score (nSPS) is 25.9. The number of hydrogen-bond acceptors (Lipinski definition) is 3. The van der Waals surface area contributed by atoms with Crippen molar-refractivity contribution in [2.45, 2.75) is 37.8 Å². The van der Waals surface area contributed by atoms with Crippen molar-refractivity contribution in [1.82, 2.24) is 15.1 Å². The van der Waals surface area contributed by atoms with E-state index in [2.05, 4.69) is 21.3 Å². The molecule has 0 spiro atoms. The average molecular weight is 221 g/mol. The van der Waals surface area contributed by atoms with Crippen LogP contribution in [0.3, 0.4) is 0 Å². The summed E-state index contributed by atoms with van der Waals surface area (Å²) in [6.07, 6.45) is 6.65. The van der Waals surface area contributed by atoms with Crippen molar-refractivity contribution in [1.29, 1.82) is 0 Å². The van der Waals surface area contributed by atoms with Crippen molar-refractivity contribution in [3.63, 3.8) is 0 Å². The summed E-state index contributed by atoms with van der Waals surface area (Å²) in [4.78, 5) is 0. The SMILES string of the molecule is CN[C@@H]1CCc2c1cnn2C1CCOCC1. The molecule has 1 aliphatic heterocycles. The van der Waals surface area contributed by atoms with Crippen LogP contribution in [-0.2, 0) is 11.2 Å². The van der Waals surface area contributed by atoms with Crippen LogP contribution in [-0.4, -0.2) is 30.0 Å². The standard InChI is InChI=1S/C12H19N3O/c1-13-11-2-3-12-10(11)8-14-15(12)9-4-6-16-7-5-9/h8-9,11,13H,2-7H2,1H3/t11-/m1/s1. The van der Waals surface area contributed by atoms with Crippen molar-refractivity contribution in [3.8, 4) is 0 Å². The molecule has 88 valence electrons. The molecule has 16 heavy (non-hydrogen) atoms. The average Bonchev–Trinajstić information content (AvgIpc) is 2.90. The Bertz CT molecular complexity index is 368. The van der Waals surface area contributed by atoms with Crippen LogP contribution in [0.15, 0.2) is 6.20 Å². The Morgan fingerprint density at radius 2 is 2.19 bits per heavy atom. The van der Waals surface area contributed by atoms with Crippen molar-refractivity contribution in [3.05, 3.63) is 17.5 Å². The van der Waals surface area contributed by atoms with Crippen LogP contribution in [0.1, 0.15) is 42.6 Å². The smallest absolute Gasteiger partial charge is 0.0566 e. The van der Waals surface area contributed by atoms with Crippen LogP contribution in [0, 0.1) is 0 Å². The van der Waals surface area contributed by atoms with E-state index >= 15 is 0 Å². The van der Waals surface area contributed by atoms with E-state index in [0.29, 0.717) is 12.1 Å². The van der Waals surface area contributed by atoms with Gasteiger partial charge in [-0.15, -0.1) is 0 Å². The number of hydrogen-bond donors (Lipinski definition) is 1. The highest BCUT2D eigenvalue weighted by atomic mass is 16.5. The monoisotopic (exact) mass is 221 g/mol. The molecule has 1 fully saturated rings. The summed E-state index contributed by atoms with van der Waals surface area (Å²) in [5.74, 6) is 0. The maximum absolute atomic E-state index is 5.41. The summed E-state index contributed by atoms with van der Waals surface area (Å²) in [6.45, 7) is 1.77. The molecule has 3 rings (SSSR count). The Morgan fingerprint density at radius 1 is 1.38 bits per heavy atom. The summed E-state index contributed by atoms with van der Waals surface area (Å²) in [6, 6.07) is 1.08. The highest BCUT2D eigenvalue weighted by Crippen LogP contribution is 2.33. The van der Waals surface area contributed by atoms with Gasteiger partial charge in [0.1, 0.15) is 0 Å². The van der Waals surface area contributed by atoms with Gasteiger partial charge in [0.05, 0.1) is 12.2 Å². The number of aromatic nitrogens is 2. The first-order chi connectivity index (χ1) is 7.90. The van der Waals surface area contributed by atoms with Gasteiger partial charge in [-0.05, 0) is 32.7 Å². The molecule has 1 N–H and O–H groups in total. The molecule has 0 saturated carbocycles. The quantitative estimate of drug-likeness (QED) is 0.821. The first-order valence-electron chi connectivity index (χ1n) is 6.21. The van der Waals surface area contributed by atoms with Crippen LogP contribution < -0.4 is 5.32 Å². The predicted octanol–water partition coefficient (Wildman–Crippen LogP) is 1.44. The molecule has 0 aromatic carbocycles. The van der Waals surface area contributed by atoms with Crippen molar-refractivity contribution >= 4 is 0 Å². The van der Waals surface area contributed by atoms with Gasteiger partial charge in [0.15, 0.2) is 0 Å². The molecule has 1 atom stereocenters. The van der Waals surface area contributed by atoms with Crippen molar-refractivity contribution in [2.24, 2.45) is 0 Å². The van der Waals surface area contributed by atoms with E-state index in [1.807, 2.05) is 7.05 Å². The Kier molecular flexibility index (Phi) is 2.69. The molecule has 1 aromatic rings. The number of fused-ring (bicyclic) bond motifs is 1. The minimum absolute atomic E-state index is 0.517. The van der Waals surface area contributed by atoms with E-state index in [1.54, 1.807) is 0 Å². The Hall–Kier alpha value is -0.870. The zero-order chi connectivity index (χ0) is 11.0. The summed E-state index contributed by atoms with van der Waals surface area (Å²) in [7, 11) is 2.03. The van der Waals surface area contributed by atoms with Gasteiger partial charge >= 0.3 is 0 Å². The third-order valence-corrected chi connectivity index (χ3v) is 3.86. The van der Waals surface area contributed by atoms with E-state index < -0.39 is 0 Å². The van der Waals surface area contributed by atoms with Gasteiger partial charge in [0.25, 0.3) is 0 Å².